The summed E-state index contributed by atoms with van der Waals surface area (Å²) in [7, 11) is -3.54. The van der Waals surface area contributed by atoms with Gasteiger partial charge in [0.25, 0.3) is 11.8 Å². The zero-order valence-corrected chi connectivity index (χ0v) is 15.9. The van der Waals surface area contributed by atoms with Crippen LogP contribution in [0, 0.1) is 5.92 Å². The number of benzene rings is 1. The molecule has 1 aliphatic carbocycles. The largest absolute Gasteiger partial charge is 0.329 e. The van der Waals surface area contributed by atoms with Crippen LogP contribution in [0.25, 0.3) is 0 Å². The zero-order chi connectivity index (χ0) is 19.7. The van der Waals surface area contributed by atoms with Gasteiger partial charge in [0.15, 0.2) is 9.84 Å². The van der Waals surface area contributed by atoms with E-state index in [4.69, 9.17) is 11.6 Å². The van der Waals surface area contributed by atoms with Crippen molar-refractivity contribution in [2.75, 3.05) is 19.3 Å². The second-order valence-electron chi connectivity index (χ2n) is 7.49. The van der Waals surface area contributed by atoms with Crippen LogP contribution in [0.1, 0.15) is 23.2 Å². The Morgan fingerprint density at radius 2 is 1.89 bits per heavy atom. The van der Waals surface area contributed by atoms with Crippen molar-refractivity contribution in [1.29, 1.82) is 0 Å². The maximum absolute atomic E-state index is 13.1. The molecule has 4 rings (SSSR count). The molecule has 2 amide bonds. The summed E-state index contributed by atoms with van der Waals surface area (Å²) in [6, 6.07) is 2.90. The number of carbonyl (C=O) groups excluding carboxylic acids is 2. The molecule has 10 heteroatoms. The van der Waals surface area contributed by atoms with Crippen LogP contribution in [0.3, 0.4) is 0 Å². The molecule has 2 aliphatic heterocycles. The minimum Gasteiger partial charge on any atom is -0.329 e. The van der Waals surface area contributed by atoms with E-state index in [0.717, 1.165) is 17.6 Å². The van der Waals surface area contributed by atoms with Crippen molar-refractivity contribution in [2.24, 2.45) is 5.92 Å². The molecular formula is C17H17ClF2N2O4S. The molecule has 1 saturated carbocycles. The fourth-order valence-electron chi connectivity index (χ4n) is 3.89. The summed E-state index contributed by atoms with van der Waals surface area (Å²) in [4.78, 5) is 28.1. The van der Waals surface area contributed by atoms with E-state index in [0.29, 0.717) is 6.42 Å². The molecular weight excluding hydrogens is 402 g/mol. The third kappa shape index (κ3) is 3.20. The lowest BCUT2D eigenvalue weighted by atomic mass is 10.0. The summed E-state index contributed by atoms with van der Waals surface area (Å²) >= 11 is 6.11. The topological polar surface area (TPSA) is 74.8 Å². The molecule has 0 radical (unpaired) electrons. The summed E-state index contributed by atoms with van der Waals surface area (Å²) in [5.41, 5.74) is -0.00104. The monoisotopic (exact) mass is 418 g/mol. The van der Waals surface area contributed by atoms with E-state index in [1.807, 2.05) is 0 Å². The van der Waals surface area contributed by atoms with Gasteiger partial charge in [-0.1, -0.05) is 11.6 Å². The molecule has 3 fully saturated rings. The van der Waals surface area contributed by atoms with E-state index in [9.17, 15) is 26.8 Å². The van der Waals surface area contributed by atoms with E-state index >= 15 is 0 Å². The van der Waals surface area contributed by atoms with Crippen molar-refractivity contribution in [3.8, 4) is 0 Å². The number of carbonyl (C=O) groups is 2. The highest BCUT2D eigenvalue weighted by molar-refractivity contribution is 7.90. The molecule has 0 spiro atoms. The number of fused-ring (bicyclic) bond motifs is 1. The summed E-state index contributed by atoms with van der Waals surface area (Å²) < 4.78 is 49.8. The Kier molecular flexibility index (Phi) is 4.05. The molecule has 27 heavy (non-hydrogen) atoms. The Labute approximate surface area is 160 Å². The summed E-state index contributed by atoms with van der Waals surface area (Å²) in [5, 5.41) is 0.0817. The average Bonchev–Trinajstić information content (AvgIpc) is 3.20. The minimum absolute atomic E-state index is 0.00104. The van der Waals surface area contributed by atoms with E-state index < -0.39 is 46.7 Å². The minimum atomic E-state index is -3.54. The predicted molar refractivity (Wildman–Crippen MR) is 92.6 cm³/mol. The molecule has 1 aromatic rings. The number of rotatable bonds is 3. The van der Waals surface area contributed by atoms with Gasteiger partial charge in [0, 0.05) is 12.3 Å². The molecule has 0 N–H and O–H groups in total. The molecule has 1 aromatic carbocycles. The first-order valence-electron chi connectivity index (χ1n) is 8.47. The van der Waals surface area contributed by atoms with Crippen LogP contribution in [0.2, 0.25) is 5.02 Å². The normalized spacial score (nSPS) is 28.5. The fourth-order valence-corrected chi connectivity index (χ4v) is 4.73. The lowest BCUT2D eigenvalue weighted by molar-refractivity contribution is -0.169. The van der Waals surface area contributed by atoms with Crippen LogP contribution in [-0.2, 0) is 14.6 Å². The molecule has 2 heterocycles. The number of likely N-dealkylation sites (tertiary alicyclic amines) is 2. The Balaban J connectivity index is 1.62. The molecule has 0 aromatic heterocycles. The molecule has 0 unspecified atom stereocenters. The van der Waals surface area contributed by atoms with Crippen LogP contribution in [-0.4, -0.2) is 67.4 Å². The van der Waals surface area contributed by atoms with Gasteiger partial charge in [-0.3, -0.25) is 9.59 Å². The van der Waals surface area contributed by atoms with E-state index in [1.165, 1.54) is 23.1 Å². The molecule has 3 aliphatic rings. The first-order valence-corrected chi connectivity index (χ1v) is 10.7. The molecule has 2 saturated heterocycles. The number of halogens is 3. The summed E-state index contributed by atoms with van der Waals surface area (Å²) in [6.45, 7) is -1.27. The van der Waals surface area contributed by atoms with Crippen LogP contribution >= 0.6 is 11.6 Å². The van der Waals surface area contributed by atoms with Gasteiger partial charge in [-0.2, -0.15) is 0 Å². The highest BCUT2D eigenvalue weighted by atomic mass is 35.5. The van der Waals surface area contributed by atoms with Gasteiger partial charge in [-0.15, -0.1) is 0 Å². The highest BCUT2D eigenvalue weighted by Gasteiger charge is 2.59. The van der Waals surface area contributed by atoms with Gasteiger partial charge in [0.05, 0.1) is 28.6 Å². The SMILES string of the molecule is CS(=O)(=O)c1ccc(Cl)c(C(=O)N2[C@H](C(=O)N3CC(F)(F)C3)C[C@H]3C[C@@H]32)c1. The maximum atomic E-state index is 13.1. The van der Waals surface area contributed by atoms with Gasteiger partial charge < -0.3 is 9.80 Å². The van der Waals surface area contributed by atoms with Gasteiger partial charge in [-0.05, 0) is 37.0 Å². The van der Waals surface area contributed by atoms with E-state index in [-0.39, 0.29) is 27.4 Å². The molecule has 146 valence electrons. The summed E-state index contributed by atoms with van der Waals surface area (Å²) in [6.07, 6.45) is 2.20. The van der Waals surface area contributed by atoms with Crippen molar-refractivity contribution in [3.05, 3.63) is 28.8 Å². The van der Waals surface area contributed by atoms with Crippen molar-refractivity contribution in [3.63, 3.8) is 0 Å². The van der Waals surface area contributed by atoms with E-state index in [2.05, 4.69) is 0 Å². The number of hydrogen-bond donors (Lipinski definition) is 0. The van der Waals surface area contributed by atoms with Gasteiger partial charge in [0.2, 0.25) is 5.91 Å². The molecule has 3 atom stereocenters. The zero-order valence-electron chi connectivity index (χ0n) is 14.4. The summed E-state index contributed by atoms with van der Waals surface area (Å²) in [5.74, 6) is -3.74. The van der Waals surface area contributed by atoms with Crippen LogP contribution in [0.5, 0.6) is 0 Å². The maximum Gasteiger partial charge on any atom is 0.282 e. The predicted octanol–water partition coefficient (Wildman–Crippen LogP) is 1.82. The van der Waals surface area contributed by atoms with Crippen LogP contribution in [0.15, 0.2) is 23.1 Å². The Bertz CT molecular complexity index is 944. The third-order valence-electron chi connectivity index (χ3n) is 5.38. The number of alkyl halides is 2. The standard InChI is InChI=1S/C17H17ClF2N2O4S/c1-27(25,26)10-2-3-12(18)11(6-10)15(23)22-13-4-9(13)5-14(22)16(24)21-7-17(19,20)8-21/h2-3,6,9,13-14H,4-5,7-8H2,1H3/t9-,13+,14+/m1/s1. The number of nitrogens with zero attached hydrogens (tertiary/aromatic N) is 2. The number of piperidine rings is 1. The van der Waals surface area contributed by atoms with Crippen LogP contribution < -0.4 is 0 Å². The lowest BCUT2D eigenvalue weighted by Gasteiger charge is -2.41. The average molecular weight is 419 g/mol. The van der Waals surface area contributed by atoms with Gasteiger partial charge in [0.1, 0.15) is 6.04 Å². The second kappa shape index (κ2) is 5.88. The Morgan fingerprint density at radius 1 is 1.22 bits per heavy atom. The lowest BCUT2D eigenvalue weighted by Crippen LogP contribution is -2.62. The first-order chi connectivity index (χ1) is 12.5. The number of amides is 2. The van der Waals surface area contributed by atoms with E-state index in [1.54, 1.807) is 0 Å². The first kappa shape index (κ1) is 18.6. The fraction of sp³-hybridized carbons (Fsp3) is 0.529. The Morgan fingerprint density at radius 3 is 2.48 bits per heavy atom. The van der Waals surface area contributed by atoms with Crippen LogP contribution in [0.4, 0.5) is 8.78 Å². The van der Waals surface area contributed by atoms with Crippen molar-refractivity contribution in [1.82, 2.24) is 9.80 Å². The number of hydrogen-bond acceptors (Lipinski definition) is 4. The molecule has 0 bridgehead atoms. The second-order valence-corrected chi connectivity index (χ2v) is 9.91. The van der Waals surface area contributed by atoms with Crippen molar-refractivity contribution in [2.45, 2.75) is 35.7 Å². The highest BCUT2D eigenvalue weighted by Crippen LogP contribution is 2.49. The van der Waals surface area contributed by atoms with Gasteiger partial charge >= 0.3 is 0 Å². The Hall–Kier alpha value is -1.74. The number of sulfone groups is 1. The van der Waals surface area contributed by atoms with Gasteiger partial charge in [-0.25, -0.2) is 17.2 Å². The third-order valence-corrected chi connectivity index (χ3v) is 6.82. The quantitative estimate of drug-likeness (QED) is 0.750. The molecule has 6 nitrogen and oxygen atoms in total. The smallest absolute Gasteiger partial charge is 0.282 e. The van der Waals surface area contributed by atoms with Crippen molar-refractivity contribution < 1.29 is 26.8 Å². The van der Waals surface area contributed by atoms with Crippen molar-refractivity contribution >= 4 is 33.3 Å².